The molecule has 4 heteroatoms. The molecule has 22 heavy (non-hydrogen) atoms. The van der Waals surface area contributed by atoms with Crippen LogP contribution in [0.25, 0.3) is 11.1 Å². The Labute approximate surface area is 132 Å². The molecule has 0 aromatic carbocycles. The molecule has 0 radical (unpaired) electrons. The van der Waals surface area contributed by atoms with E-state index < -0.39 is 8.32 Å². The van der Waals surface area contributed by atoms with Gasteiger partial charge in [-0.1, -0.05) is 51.1 Å². The summed E-state index contributed by atoms with van der Waals surface area (Å²) in [6.07, 6.45) is 1.58. The first-order chi connectivity index (χ1) is 10.2. The average Bonchev–Trinajstić information content (AvgIpc) is 2.57. The van der Waals surface area contributed by atoms with Gasteiger partial charge in [-0.25, -0.2) is 0 Å². The summed E-state index contributed by atoms with van der Waals surface area (Å²) >= 11 is 0. The van der Waals surface area contributed by atoms with Crippen molar-refractivity contribution in [3.63, 3.8) is 0 Å². The first-order valence-corrected chi connectivity index (χ1v) is 10.3. The van der Waals surface area contributed by atoms with E-state index >= 15 is 0 Å². The van der Waals surface area contributed by atoms with E-state index in [0.717, 1.165) is 23.7 Å². The zero-order valence-electron chi connectivity index (χ0n) is 13.8. The van der Waals surface area contributed by atoms with Gasteiger partial charge in [0.25, 0.3) is 8.32 Å². The van der Waals surface area contributed by atoms with Gasteiger partial charge in [0.2, 0.25) is 0 Å². The molecule has 0 saturated heterocycles. The van der Waals surface area contributed by atoms with Gasteiger partial charge in [-0.05, 0) is 29.3 Å². The Morgan fingerprint density at radius 2 is 1.36 bits per heavy atom. The van der Waals surface area contributed by atoms with Crippen molar-refractivity contribution in [3.05, 3.63) is 41.5 Å². The molecule has 0 aromatic heterocycles. The largest absolute Gasteiger partial charge is 0.543 e. The van der Waals surface area contributed by atoms with E-state index in [1.54, 1.807) is 0 Å². The molecular formula is C18H22O3Si. The lowest BCUT2D eigenvalue weighted by Gasteiger charge is -2.36. The van der Waals surface area contributed by atoms with Crippen molar-refractivity contribution in [1.29, 1.82) is 0 Å². The Morgan fingerprint density at radius 1 is 0.909 bits per heavy atom. The maximum Gasteiger partial charge on any atom is 0.250 e. The molecule has 0 heterocycles. The van der Waals surface area contributed by atoms with E-state index in [2.05, 4.69) is 33.9 Å². The third-order valence-corrected chi connectivity index (χ3v) is 8.83. The molecule has 0 saturated carbocycles. The van der Waals surface area contributed by atoms with Crippen LogP contribution < -0.4 is 4.43 Å². The summed E-state index contributed by atoms with van der Waals surface area (Å²) in [6, 6.07) is 9.30. The van der Waals surface area contributed by atoms with Crippen molar-refractivity contribution < 1.29 is 14.0 Å². The normalized spacial score (nSPS) is 12.2. The molecule has 0 spiro atoms. The minimum Gasteiger partial charge on any atom is -0.543 e. The second-order valence-corrected chi connectivity index (χ2v) is 11.7. The lowest BCUT2D eigenvalue weighted by Crippen LogP contribution is -2.44. The first kappa shape index (κ1) is 16.4. The van der Waals surface area contributed by atoms with Crippen molar-refractivity contribution in [2.75, 3.05) is 0 Å². The number of fused-ring (bicyclic) bond motifs is 1. The number of aldehydes is 2. The predicted octanol–water partition coefficient (Wildman–Crippen LogP) is 4.80. The fraction of sp³-hybridized carbons (Fsp3) is 0.333. The molecule has 2 aliphatic carbocycles. The molecule has 3 nitrogen and oxygen atoms in total. The quantitative estimate of drug-likeness (QED) is 0.601. The Bertz CT molecular complexity index is 641. The summed E-state index contributed by atoms with van der Waals surface area (Å²) in [7, 11) is -2.14. The molecule has 0 N–H and O–H groups in total. The Hall–Kier alpha value is -1.94. The van der Waals surface area contributed by atoms with Crippen LogP contribution in [0.1, 0.15) is 41.5 Å². The molecule has 2 rings (SSSR count). The van der Waals surface area contributed by atoms with Gasteiger partial charge < -0.3 is 4.43 Å². The second-order valence-electron chi connectivity index (χ2n) is 6.99. The zero-order valence-corrected chi connectivity index (χ0v) is 14.8. The van der Waals surface area contributed by atoms with Gasteiger partial charge in [-0.3, -0.25) is 9.59 Å². The maximum absolute atomic E-state index is 11.6. The highest BCUT2D eigenvalue weighted by atomic mass is 28.4. The van der Waals surface area contributed by atoms with E-state index in [1.165, 1.54) is 0 Å². The molecule has 0 unspecified atom stereocenters. The molecule has 0 bridgehead atoms. The predicted molar refractivity (Wildman–Crippen MR) is 91.7 cm³/mol. The van der Waals surface area contributed by atoms with E-state index in [1.807, 2.05) is 30.3 Å². The van der Waals surface area contributed by atoms with Gasteiger partial charge in [0.1, 0.15) is 5.75 Å². The van der Waals surface area contributed by atoms with E-state index in [0.29, 0.717) is 16.9 Å². The van der Waals surface area contributed by atoms with Gasteiger partial charge >= 0.3 is 0 Å². The smallest absolute Gasteiger partial charge is 0.250 e. The molecule has 116 valence electrons. The van der Waals surface area contributed by atoms with Crippen molar-refractivity contribution >= 4 is 20.9 Å². The number of carbonyl (C=O) groups excluding carboxylic acids is 2. The first-order valence-electron chi connectivity index (χ1n) is 7.37. The highest BCUT2D eigenvalue weighted by Crippen LogP contribution is 2.44. The maximum atomic E-state index is 11.6. The Kier molecular flexibility index (Phi) is 4.25. The molecule has 2 aliphatic rings. The van der Waals surface area contributed by atoms with Gasteiger partial charge in [0.05, 0.1) is 11.1 Å². The number of rotatable bonds is 4. The fourth-order valence-electron chi connectivity index (χ4n) is 2.16. The number of carbonyl (C=O) groups is 2. The third kappa shape index (κ3) is 2.71. The summed E-state index contributed by atoms with van der Waals surface area (Å²) in [6.45, 7) is 10.6. The van der Waals surface area contributed by atoms with E-state index in [9.17, 15) is 9.59 Å². The molecule has 0 atom stereocenters. The van der Waals surface area contributed by atoms with Gasteiger partial charge in [-0.2, -0.15) is 0 Å². The van der Waals surface area contributed by atoms with Gasteiger partial charge in [0.15, 0.2) is 12.6 Å². The van der Waals surface area contributed by atoms with E-state index in [-0.39, 0.29) is 5.04 Å². The van der Waals surface area contributed by atoms with Gasteiger partial charge in [-0.15, -0.1) is 0 Å². The van der Waals surface area contributed by atoms with Crippen LogP contribution in [0.3, 0.4) is 0 Å². The lowest BCUT2D eigenvalue weighted by molar-refractivity contribution is 0.112. The highest BCUT2D eigenvalue weighted by molar-refractivity contribution is 6.74. The fourth-order valence-corrected chi connectivity index (χ4v) is 3.20. The zero-order chi connectivity index (χ0) is 16.5. The van der Waals surface area contributed by atoms with Crippen LogP contribution in [0.5, 0.6) is 5.75 Å². The summed E-state index contributed by atoms with van der Waals surface area (Å²) in [5.74, 6) is 0.442. The summed E-state index contributed by atoms with van der Waals surface area (Å²) in [5, 5.41) is -0.0125. The topological polar surface area (TPSA) is 43.4 Å². The highest BCUT2D eigenvalue weighted by Gasteiger charge is 2.40. The van der Waals surface area contributed by atoms with Crippen molar-refractivity contribution in [2.45, 2.75) is 38.9 Å². The third-order valence-electron chi connectivity index (χ3n) is 4.51. The molecule has 0 aliphatic heterocycles. The Balaban J connectivity index is 2.70. The van der Waals surface area contributed by atoms with Gasteiger partial charge in [0, 0.05) is 0 Å². The molecule has 0 amide bonds. The van der Waals surface area contributed by atoms with Crippen LogP contribution in [0.4, 0.5) is 0 Å². The molecule has 0 fully saturated rings. The lowest BCUT2D eigenvalue weighted by atomic mass is 10.1. The van der Waals surface area contributed by atoms with E-state index in [4.69, 9.17) is 4.43 Å². The Morgan fingerprint density at radius 3 is 1.73 bits per heavy atom. The van der Waals surface area contributed by atoms with Crippen LogP contribution in [0, 0.1) is 0 Å². The summed E-state index contributed by atoms with van der Waals surface area (Å²) in [5.41, 5.74) is 2.46. The van der Waals surface area contributed by atoms with Crippen LogP contribution in [0.2, 0.25) is 18.1 Å². The van der Waals surface area contributed by atoms with Crippen LogP contribution in [-0.2, 0) is 0 Å². The average molecular weight is 314 g/mol. The second kappa shape index (κ2) is 5.69. The minimum atomic E-state index is -2.14. The number of hydrogen-bond donors (Lipinski definition) is 0. The molecular weight excluding hydrogens is 292 g/mol. The van der Waals surface area contributed by atoms with Crippen LogP contribution in [-0.4, -0.2) is 20.9 Å². The van der Waals surface area contributed by atoms with Crippen LogP contribution >= 0.6 is 0 Å². The summed E-state index contributed by atoms with van der Waals surface area (Å²) in [4.78, 5) is 23.3. The monoisotopic (exact) mass is 314 g/mol. The van der Waals surface area contributed by atoms with Crippen molar-refractivity contribution in [3.8, 4) is 16.9 Å². The number of hydrogen-bond acceptors (Lipinski definition) is 3. The molecule has 0 aromatic rings. The standard InChI is InChI=1S/C18H22O3Si/c1-18(2,3)22(4,5)21-17-15(11-19)13-9-7-6-8-10-14(13)16(17)12-20/h6-12H,1-5H3. The summed E-state index contributed by atoms with van der Waals surface area (Å²) < 4.78 is 6.30. The van der Waals surface area contributed by atoms with Crippen molar-refractivity contribution in [2.24, 2.45) is 0 Å². The van der Waals surface area contributed by atoms with Crippen molar-refractivity contribution in [1.82, 2.24) is 0 Å². The van der Waals surface area contributed by atoms with Crippen LogP contribution in [0.15, 0.2) is 30.3 Å². The minimum absolute atomic E-state index is 0.0125. The SMILES string of the molecule is CC(C)(C)[Si](C)(C)Oc1c(C=O)c2cccccc-2c1C=O.